The summed E-state index contributed by atoms with van der Waals surface area (Å²) in [6, 6.07) is 0. The second-order valence-corrected chi connectivity index (χ2v) is 8.32. The van der Waals surface area contributed by atoms with Gasteiger partial charge < -0.3 is 14.6 Å². The number of hydrogen-bond acceptors (Lipinski definition) is 5. The molecule has 3 aliphatic rings. The molecular formula is C23H26O6. The third-order valence-electron chi connectivity index (χ3n) is 6.34. The molecule has 0 radical (unpaired) electrons. The number of carbonyl (C=O) groups is 3. The number of carboxylic acid groups (broad SMARTS) is 1. The summed E-state index contributed by atoms with van der Waals surface area (Å²) in [6.07, 6.45) is 7.75. The van der Waals surface area contributed by atoms with Gasteiger partial charge in [-0.15, -0.1) is 0 Å². The molecule has 1 heterocycles. The van der Waals surface area contributed by atoms with Crippen LogP contribution in [0.15, 0.2) is 11.6 Å². The van der Waals surface area contributed by atoms with Crippen LogP contribution >= 0.6 is 0 Å². The third kappa shape index (κ3) is 3.80. The fourth-order valence-corrected chi connectivity index (χ4v) is 4.66. The number of ether oxygens (including phenoxy) is 2. The lowest BCUT2D eigenvalue weighted by Gasteiger charge is -2.22. The molecule has 1 N–H and O–H groups in total. The van der Waals surface area contributed by atoms with Gasteiger partial charge in [-0.25, -0.2) is 4.79 Å². The van der Waals surface area contributed by atoms with Gasteiger partial charge in [0.25, 0.3) is 0 Å². The molecule has 154 valence electrons. The molecular weight excluding hydrogens is 372 g/mol. The number of carbonyl (C=O) groups excluding carboxylic acids is 2. The molecule has 1 aliphatic heterocycles. The average Bonchev–Trinajstić information content (AvgIpc) is 3.44. The first-order chi connectivity index (χ1) is 13.9. The number of carboxylic acids is 1. The summed E-state index contributed by atoms with van der Waals surface area (Å²) in [7, 11) is 0. The highest BCUT2D eigenvalue weighted by Crippen LogP contribution is 2.49. The molecule has 0 amide bonds. The lowest BCUT2D eigenvalue weighted by molar-refractivity contribution is -0.142. The van der Waals surface area contributed by atoms with Crippen molar-refractivity contribution in [3.8, 4) is 5.75 Å². The minimum Gasteiger partial charge on any atom is -0.481 e. The van der Waals surface area contributed by atoms with Crippen LogP contribution in [0.3, 0.4) is 0 Å². The van der Waals surface area contributed by atoms with Gasteiger partial charge in [0.15, 0.2) is 0 Å². The molecule has 1 aromatic rings. The summed E-state index contributed by atoms with van der Waals surface area (Å²) in [5, 5.41) is 9.19. The molecule has 2 aliphatic carbocycles. The summed E-state index contributed by atoms with van der Waals surface area (Å²) in [5.74, 6) is -1.07. The third-order valence-corrected chi connectivity index (χ3v) is 6.34. The molecule has 6 nitrogen and oxygen atoms in total. The lowest BCUT2D eigenvalue weighted by Crippen LogP contribution is -2.17. The number of benzene rings is 1. The maximum Gasteiger partial charge on any atom is 0.342 e. The van der Waals surface area contributed by atoms with Crippen LogP contribution in [0.25, 0.3) is 0 Å². The number of aliphatic carboxylic acids is 1. The summed E-state index contributed by atoms with van der Waals surface area (Å²) in [6.45, 7) is 3.60. The second-order valence-electron chi connectivity index (χ2n) is 8.32. The molecule has 0 unspecified atom stereocenters. The molecule has 0 spiro atoms. The van der Waals surface area contributed by atoms with Crippen LogP contribution in [0.4, 0.5) is 0 Å². The van der Waals surface area contributed by atoms with Gasteiger partial charge >= 0.3 is 17.9 Å². The highest BCUT2D eigenvalue weighted by atomic mass is 16.6. The van der Waals surface area contributed by atoms with E-state index in [-0.39, 0.29) is 12.5 Å². The highest BCUT2D eigenvalue weighted by Gasteiger charge is 2.37. The van der Waals surface area contributed by atoms with Crippen molar-refractivity contribution >= 4 is 17.9 Å². The standard InChI is InChI=1S/C23H26O6/c1-12-18-11-28-23(27)20(18)21(29-13(2)24)17(19(12)15-8-9-15)10-5-14-3-6-16(7-4-14)22(25)26/h5,15-16H,3-4,6-11H2,1-2H3,(H,25,26). The smallest absolute Gasteiger partial charge is 0.342 e. The Hall–Kier alpha value is -2.63. The van der Waals surface area contributed by atoms with Crippen molar-refractivity contribution in [1.29, 1.82) is 0 Å². The molecule has 2 fully saturated rings. The fourth-order valence-electron chi connectivity index (χ4n) is 4.66. The van der Waals surface area contributed by atoms with Crippen molar-refractivity contribution in [1.82, 2.24) is 0 Å². The van der Waals surface area contributed by atoms with E-state index < -0.39 is 17.9 Å². The molecule has 0 atom stereocenters. The minimum absolute atomic E-state index is 0.228. The van der Waals surface area contributed by atoms with E-state index in [9.17, 15) is 19.5 Å². The van der Waals surface area contributed by atoms with Crippen LogP contribution < -0.4 is 4.74 Å². The SMILES string of the molecule is CC(=O)Oc1c(CC=C2CCC(C(=O)O)CC2)c(C2CC2)c(C)c2c1C(=O)OC2. The Labute approximate surface area is 169 Å². The summed E-state index contributed by atoms with van der Waals surface area (Å²) in [4.78, 5) is 35.4. The normalized spacial score (nSPS) is 20.8. The van der Waals surface area contributed by atoms with Crippen molar-refractivity contribution in [2.45, 2.75) is 71.3 Å². The molecule has 0 bridgehead atoms. The van der Waals surface area contributed by atoms with Gasteiger partial charge in [-0.3, -0.25) is 9.59 Å². The number of cyclic esters (lactones) is 1. The summed E-state index contributed by atoms with van der Waals surface area (Å²) < 4.78 is 10.8. The summed E-state index contributed by atoms with van der Waals surface area (Å²) in [5.41, 5.74) is 5.64. The molecule has 2 saturated carbocycles. The van der Waals surface area contributed by atoms with Crippen LogP contribution in [0.5, 0.6) is 5.75 Å². The number of esters is 2. The van der Waals surface area contributed by atoms with Crippen molar-refractivity contribution < 1.29 is 29.0 Å². The maximum absolute atomic E-state index is 12.4. The molecule has 0 aromatic heterocycles. The van der Waals surface area contributed by atoms with Crippen LogP contribution in [-0.4, -0.2) is 23.0 Å². The predicted octanol–water partition coefficient (Wildman–Crippen LogP) is 4.21. The Morgan fingerprint density at radius 2 is 1.90 bits per heavy atom. The van der Waals surface area contributed by atoms with Crippen LogP contribution in [0.1, 0.15) is 84.0 Å². The predicted molar refractivity (Wildman–Crippen MR) is 105 cm³/mol. The van der Waals surface area contributed by atoms with Gasteiger partial charge in [0.1, 0.15) is 17.9 Å². The first-order valence-electron chi connectivity index (χ1n) is 10.3. The van der Waals surface area contributed by atoms with E-state index in [4.69, 9.17) is 9.47 Å². The quantitative estimate of drug-likeness (QED) is 0.454. The van der Waals surface area contributed by atoms with Crippen molar-refractivity contribution in [3.05, 3.63) is 39.5 Å². The van der Waals surface area contributed by atoms with Crippen molar-refractivity contribution in [2.75, 3.05) is 0 Å². The molecule has 6 heteroatoms. The fraction of sp³-hybridized carbons (Fsp3) is 0.522. The number of hydrogen-bond donors (Lipinski definition) is 1. The Kier molecular flexibility index (Phi) is 5.19. The van der Waals surface area contributed by atoms with Gasteiger partial charge in [0.05, 0.1) is 5.92 Å². The van der Waals surface area contributed by atoms with Gasteiger partial charge in [-0.05, 0) is 68.9 Å². The number of rotatable bonds is 5. The Bertz CT molecular complexity index is 912. The first-order valence-corrected chi connectivity index (χ1v) is 10.3. The highest BCUT2D eigenvalue weighted by molar-refractivity contribution is 5.98. The van der Waals surface area contributed by atoms with Crippen molar-refractivity contribution in [2.24, 2.45) is 5.92 Å². The van der Waals surface area contributed by atoms with Gasteiger partial charge in [-0.1, -0.05) is 11.6 Å². The Morgan fingerprint density at radius 3 is 2.48 bits per heavy atom. The molecule has 4 rings (SSSR count). The largest absolute Gasteiger partial charge is 0.481 e. The summed E-state index contributed by atoms with van der Waals surface area (Å²) >= 11 is 0. The van der Waals surface area contributed by atoms with Crippen LogP contribution in [-0.2, 0) is 27.4 Å². The monoisotopic (exact) mass is 398 g/mol. The van der Waals surface area contributed by atoms with E-state index in [0.717, 1.165) is 42.4 Å². The maximum atomic E-state index is 12.4. The zero-order valence-corrected chi connectivity index (χ0v) is 16.9. The van der Waals surface area contributed by atoms with E-state index in [2.05, 4.69) is 6.08 Å². The van der Waals surface area contributed by atoms with Crippen molar-refractivity contribution in [3.63, 3.8) is 0 Å². The van der Waals surface area contributed by atoms with E-state index >= 15 is 0 Å². The average molecular weight is 398 g/mol. The van der Waals surface area contributed by atoms with E-state index in [1.807, 2.05) is 6.92 Å². The Balaban J connectivity index is 1.72. The number of allylic oxidation sites excluding steroid dienone is 2. The van der Waals surface area contributed by atoms with Gasteiger partial charge in [0, 0.05) is 18.1 Å². The van der Waals surface area contributed by atoms with Crippen LogP contribution in [0, 0.1) is 12.8 Å². The van der Waals surface area contributed by atoms with E-state index in [1.54, 1.807) is 0 Å². The lowest BCUT2D eigenvalue weighted by atomic mass is 9.84. The molecule has 1 aromatic carbocycles. The van der Waals surface area contributed by atoms with Gasteiger partial charge in [-0.2, -0.15) is 0 Å². The number of fused-ring (bicyclic) bond motifs is 1. The Morgan fingerprint density at radius 1 is 1.21 bits per heavy atom. The zero-order valence-electron chi connectivity index (χ0n) is 16.9. The zero-order chi connectivity index (χ0) is 20.7. The first kappa shape index (κ1) is 19.7. The minimum atomic E-state index is -0.718. The van der Waals surface area contributed by atoms with Crippen LogP contribution in [0.2, 0.25) is 0 Å². The molecule has 29 heavy (non-hydrogen) atoms. The topological polar surface area (TPSA) is 89.9 Å². The van der Waals surface area contributed by atoms with E-state index in [1.165, 1.54) is 18.1 Å². The second kappa shape index (κ2) is 7.65. The van der Waals surface area contributed by atoms with E-state index in [0.29, 0.717) is 36.5 Å². The molecule has 0 saturated heterocycles. The van der Waals surface area contributed by atoms with Gasteiger partial charge in [0.2, 0.25) is 0 Å².